The lowest BCUT2D eigenvalue weighted by molar-refractivity contribution is 0.0600. The summed E-state index contributed by atoms with van der Waals surface area (Å²) >= 11 is 0. The molecule has 3 nitrogen and oxygen atoms in total. The Morgan fingerprint density at radius 3 is 2.41 bits per heavy atom. The summed E-state index contributed by atoms with van der Waals surface area (Å²) in [5.74, 6) is -0.276. The van der Waals surface area contributed by atoms with Crippen molar-refractivity contribution in [3.05, 3.63) is 35.4 Å². The summed E-state index contributed by atoms with van der Waals surface area (Å²) in [6, 6.07) is 8.39. The van der Waals surface area contributed by atoms with Crippen LogP contribution >= 0.6 is 12.4 Å². The number of carbonyl (C=O) groups is 1. The Kier molecular flexibility index (Phi) is 4.97. The first kappa shape index (κ1) is 14.0. The Morgan fingerprint density at radius 2 is 1.94 bits per heavy atom. The zero-order valence-corrected chi connectivity index (χ0v) is 11.0. The third-order valence-electron chi connectivity index (χ3n) is 2.98. The molecule has 1 aliphatic rings. The summed E-state index contributed by atoms with van der Waals surface area (Å²) in [5.41, 5.74) is 1.85. The van der Waals surface area contributed by atoms with E-state index in [0.717, 1.165) is 12.6 Å². The van der Waals surface area contributed by atoms with Gasteiger partial charge in [0.05, 0.1) is 12.7 Å². The monoisotopic (exact) mass is 255 g/mol. The van der Waals surface area contributed by atoms with E-state index in [9.17, 15) is 4.79 Å². The van der Waals surface area contributed by atoms with E-state index in [0.29, 0.717) is 5.56 Å². The fourth-order valence-corrected chi connectivity index (χ4v) is 1.80. The Bertz CT molecular complexity index is 374. The van der Waals surface area contributed by atoms with Gasteiger partial charge in [-0.05, 0) is 37.6 Å². The summed E-state index contributed by atoms with van der Waals surface area (Å²) in [5, 5.41) is 0. The molecule has 1 saturated carbocycles. The molecule has 0 amide bonds. The molecule has 0 unspecified atom stereocenters. The molecule has 0 saturated heterocycles. The van der Waals surface area contributed by atoms with Crippen molar-refractivity contribution in [3.63, 3.8) is 0 Å². The summed E-state index contributed by atoms with van der Waals surface area (Å²) in [7, 11) is 3.54. The highest BCUT2D eigenvalue weighted by Crippen LogP contribution is 2.26. The molecule has 1 fully saturated rings. The van der Waals surface area contributed by atoms with E-state index in [4.69, 9.17) is 0 Å². The molecule has 1 aromatic carbocycles. The van der Waals surface area contributed by atoms with Crippen LogP contribution in [0.5, 0.6) is 0 Å². The maximum atomic E-state index is 11.2. The van der Waals surface area contributed by atoms with Gasteiger partial charge < -0.3 is 4.74 Å². The van der Waals surface area contributed by atoms with Crippen molar-refractivity contribution >= 4 is 18.4 Å². The third-order valence-corrected chi connectivity index (χ3v) is 2.98. The molecular formula is C13H18ClNO2. The van der Waals surface area contributed by atoms with Crippen LogP contribution in [0.4, 0.5) is 0 Å². The minimum absolute atomic E-state index is 0. The van der Waals surface area contributed by atoms with Crippen LogP contribution in [0.3, 0.4) is 0 Å². The van der Waals surface area contributed by atoms with Gasteiger partial charge in [0.2, 0.25) is 0 Å². The Balaban J connectivity index is 0.00000144. The third kappa shape index (κ3) is 3.72. The molecule has 1 aromatic rings. The number of ether oxygens (including phenoxy) is 1. The first-order chi connectivity index (χ1) is 7.70. The minimum atomic E-state index is -0.276. The van der Waals surface area contributed by atoms with E-state index < -0.39 is 0 Å². The second-order valence-electron chi connectivity index (χ2n) is 4.33. The van der Waals surface area contributed by atoms with E-state index in [1.165, 1.54) is 25.5 Å². The molecule has 2 rings (SSSR count). The normalized spacial score (nSPS) is 14.3. The molecule has 4 heteroatoms. The highest BCUT2D eigenvalue weighted by atomic mass is 35.5. The van der Waals surface area contributed by atoms with Gasteiger partial charge >= 0.3 is 5.97 Å². The Morgan fingerprint density at radius 1 is 1.35 bits per heavy atom. The number of carbonyl (C=O) groups excluding carboxylic acids is 1. The van der Waals surface area contributed by atoms with Crippen LogP contribution in [-0.4, -0.2) is 31.1 Å². The maximum Gasteiger partial charge on any atom is 0.337 e. The lowest BCUT2D eigenvalue weighted by Crippen LogP contribution is -2.19. The van der Waals surface area contributed by atoms with Crippen LogP contribution in [0.25, 0.3) is 0 Å². The van der Waals surface area contributed by atoms with Crippen molar-refractivity contribution in [2.75, 3.05) is 14.2 Å². The number of hydrogen-bond donors (Lipinski definition) is 0. The standard InChI is InChI=1S/C13H17NO2.ClH/c1-14(12-7-8-12)9-10-3-5-11(6-4-10)13(15)16-2;/h3-6,12H,7-9H2,1-2H3;1H. The second-order valence-corrected chi connectivity index (χ2v) is 4.33. The SMILES string of the molecule is COC(=O)c1ccc(CN(C)C2CC2)cc1.Cl. The van der Waals surface area contributed by atoms with Crippen LogP contribution in [-0.2, 0) is 11.3 Å². The van der Waals surface area contributed by atoms with Crippen LogP contribution in [0.1, 0.15) is 28.8 Å². The van der Waals surface area contributed by atoms with Crippen molar-refractivity contribution < 1.29 is 9.53 Å². The first-order valence-corrected chi connectivity index (χ1v) is 5.58. The molecule has 1 aliphatic carbocycles. The molecule has 0 aliphatic heterocycles. The molecular weight excluding hydrogens is 238 g/mol. The molecule has 0 heterocycles. The van der Waals surface area contributed by atoms with Gasteiger partial charge in [0.25, 0.3) is 0 Å². The number of benzene rings is 1. The fourth-order valence-electron chi connectivity index (χ4n) is 1.80. The van der Waals surface area contributed by atoms with Gasteiger partial charge in [0, 0.05) is 12.6 Å². The van der Waals surface area contributed by atoms with Crippen LogP contribution < -0.4 is 0 Å². The van der Waals surface area contributed by atoms with Crippen LogP contribution in [0, 0.1) is 0 Å². The van der Waals surface area contributed by atoms with Gasteiger partial charge in [-0.25, -0.2) is 4.79 Å². The van der Waals surface area contributed by atoms with Crippen molar-refractivity contribution in [1.82, 2.24) is 4.90 Å². The summed E-state index contributed by atoms with van der Waals surface area (Å²) in [4.78, 5) is 13.6. The van der Waals surface area contributed by atoms with Gasteiger partial charge in [-0.3, -0.25) is 4.90 Å². The van der Waals surface area contributed by atoms with E-state index in [1.807, 2.05) is 24.3 Å². The summed E-state index contributed by atoms with van der Waals surface area (Å²) in [6.07, 6.45) is 2.63. The van der Waals surface area contributed by atoms with Gasteiger partial charge in [-0.2, -0.15) is 0 Å². The lowest BCUT2D eigenvalue weighted by Gasteiger charge is -2.15. The van der Waals surface area contributed by atoms with Crippen LogP contribution in [0.2, 0.25) is 0 Å². The second kappa shape index (κ2) is 6.03. The maximum absolute atomic E-state index is 11.2. The predicted molar refractivity (Wildman–Crippen MR) is 69.5 cm³/mol. The zero-order valence-electron chi connectivity index (χ0n) is 10.2. The molecule has 0 N–H and O–H groups in total. The van der Waals surface area contributed by atoms with Crippen molar-refractivity contribution in [3.8, 4) is 0 Å². The smallest absolute Gasteiger partial charge is 0.337 e. The number of rotatable bonds is 4. The van der Waals surface area contributed by atoms with E-state index in [-0.39, 0.29) is 18.4 Å². The average Bonchev–Trinajstić information content (AvgIpc) is 3.13. The molecule has 0 bridgehead atoms. The van der Waals surface area contributed by atoms with Gasteiger partial charge in [0.1, 0.15) is 0 Å². The zero-order chi connectivity index (χ0) is 11.5. The quantitative estimate of drug-likeness (QED) is 0.775. The lowest BCUT2D eigenvalue weighted by atomic mass is 10.1. The Labute approximate surface area is 108 Å². The number of methoxy groups -OCH3 is 1. The van der Waals surface area contributed by atoms with Gasteiger partial charge in [-0.1, -0.05) is 12.1 Å². The molecule has 0 aromatic heterocycles. The number of esters is 1. The van der Waals surface area contributed by atoms with Crippen molar-refractivity contribution in [2.45, 2.75) is 25.4 Å². The average molecular weight is 256 g/mol. The van der Waals surface area contributed by atoms with Crippen molar-refractivity contribution in [2.24, 2.45) is 0 Å². The topological polar surface area (TPSA) is 29.5 Å². The van der Waals surface area contributed by atoms with E-state index in [2.05, 4.69) is 16.7 Å². The van der Waals surface area contributed by atoms with E-state index in [1.54, 1.807) is 0 Å². The predicted octanol–water partition coefficient (Wildman–Crippen LogP) is 2.49. The molecule has 0 radical (unpaired) electrons. The largest absolute Gasteiger partial charge is 0.465 e. The highest BCUT2D eigenvalue weighted by Gasteiger charge is 2.25. The summed E-state index contributed by atoms with van der Waals surface area (Å²) in [6.45, 7) is 0.951. The number of nitrogens with zero attached hydrogens (tertiary/aromatic N) is 1. The highest BCUT2D eigenvalue weighted by molar-refractivity contribution is 5.89. The molecule has 17 heavy (non-hydrogen) atoms. The van der Waals surface area contributed by atoms with E-state index >= 15 is 0 Å². The van der Waals surface area contributed by atoms with Gasteiger partial charge in [0.15, 0.2) is 0 Å². The minimum Gasteiger partial charge on any atom is -0.465 e. The van der Waals surface area contributed by atoms with Crippen LogP contribution in [0.15, 0.2) is 24.3 Å². The first-order valence-electron chi connectivity index (χ1n) is 5.58. The number of halogens is 1. The summed E-state index contributed by atoms with van der Waals surface area (Å²) < 4.78 is 4.66. The fraction of sp³-hybridized carbons (Fsp3) is 0.462. The molecule has 0 spiro atoms. The number of hydrogen-bond acceptors (Lipinski definition) is 3. The van der Waals surface area contributed by atoms with Gasteiger partial charge in [-0.15, -0.1) is 12.4 Å². The molecule has 94 valence electrons. The molecule has 0 atom stereocenters. The Hall–Kier alpha value is -1.06. The van der Waals surface area contributed by atoms with Crippen molar-refractivity contribution in [1.29, 1.82) is 0 Å².